The zero-order valence-corrected chi connectivity index (χ0v) is 11.7. The first-order valence-electron chi connectivity index (χ1n) is 6.94. The number of likely N-dealkylation sites (N-methyl/N-ethyl adjacent to an activating group) is 1. The third-order valence-corrected chi connectivity index (χ3v) is 3.49. The van der Waals surface area contributed by atoms with E-state index in [9.17, 15) is 9.59 Å². The van der Waals surface area contributed by atoms with Crippen LogP contribution in [0, 0.1) is 5.92 Å². The summed E-state index contributed by atoms with van der Waals surface area (Å²) in [5.41, 5.74) is 0. The van der Waals surface area contributed by atoms with E-state index < -0.39 is 5.97 Å². The van der Waals surface area contributed by atoms with Gasteiger partial charge in [0.1, 0.15) is 0 Å². The van der Waals surface area contributed by atoms with Crippen LogP contribution in [0.5, 0.6) is 0 Å². The number of urea groups is 1. The molecule has 0 aromatic carbocycles. The molecule has 0 aliphatic heterocycles. The summed E-state index contributed by atoms with van der Waals surface area (Å²) < 4.78 is 5.24. The van der Waals surface area contributed by atoms with Gasteiger partial charge in [-0.3, -0.25) is 4.79 Å². The van der Waals surface area contributed by atoms with Crippen molar-refractivity contribution in [1.82, 2.24) is 10.2 Å². The number of hydrogen-bond acceptors (Lipinski definition) is 3. The maximum absolute atomic E-state index is 12.0. The van der Waals surface area contributed by atoms with Crippen molar-refractivity contribution in [3.05, 3.63) is 0 Å². The highest BCUT2D eigenvalue weighted by atomic mass is 16.5. The Morgan fingerprint density at radius 3 is 2.63 bits per heavy atom. The third-order valence-electron chi connectivity index (χ3n) is 3.49. The number of carbonyl (C=O) groups excluding carboxylic acids is 1. The first-order valence-corrected chi connectivity index (χ1v) is 6.94. The van der Waals surface area contributed by atoms with Crippen LogP contribution in [0.3, 0.4) is 0 Å². The molecule has 1 aliphatic rings. The summed E-state index contributed by atoms with van der Waals surface area (Å²) in [6.07, 6.45) is 1.92. The Morgan fingerprint density at radius 2 is 2.11 bits per heavy atom. The Bertz CT molecular complexity index is 309. The van der Waals surface area contributed by atoms with Crippen molar-refractivity contribution < 1.29 is 19.4 Å². The minimum atomic E-state index is -0.763. The van der Waals surface area contributed by atoms with Crippen LogP contribution in [0.25, 0.3) is 0 Å². The molecule has 19 heavy (non-hydrogen) atoms. The van der Waals surface area contributed by atoms with E-state index in [1.807, 2.05) is 13.8 Å². The first-order chi connectivity index (χ1) is 9.08. The Balaban J connectivity index is 2.34. The van der Waals surface area contributed by atoms with Gasteiger partial charge in [0.2, 0.25) is 0 Å². The quantitative estimate of drug-likeness (QED) is 0.685. The molecule has 2 unspecified atom stereocenters. The smallest absolute Gasteiger partial charge is 0.317 e. The molecule has 110 valence electrons. The van der Waals surface area contributed by atoms with E-state index in [1.165, 1.54) is 0 Å². The van der Waals surface area contributed by atoms with Crippen LogP contribution in [0.1, 0.15) is 33.1 Å². The molecule has 0 aromatic rings. The standard InChI is InChI=1S/C13H24N2O4/c1-3-15(7-8-19-4-2)13(18)14-11-6-5-10(9-11)12(16)17/h10-11H,3-9H2,1-2H3,(H,14,18)(H,16,17). The number of amides is 2. The van der Waals surface area contributed by atoms with Crippen molar-refractivity contribution in [3.8, 4) is 0 Å². The number of ether oxygens (including phenoxy) is 1. The highest BCUT2D eigenvalue weighted by Gasteiger charge is 2.31. The van der Waals surface area contributed by atoms with Crippen LogP contribution in [-0.4, -0.2) is 54.4 Å². The summed E-state index contributed by atoms with van der Waals surface area (Å²) in [7, 11) is 0. The second kappa shape index (κ2) is 7.99. The van der Waals surface area contributed by atoms with E-state index in [2.05, 4.69) is 5.32 Å². The lowest BCUT2D eigenvalue weighted by Gasteiger charge is -2.23. The Morgan fingerprint density at radius 1 is 1.37 bits per heavy atom. The molecule has 0 heterocycles. The van der Waals surface area contributed by atoms with E-state index in [0.717, 1.165) is 6.42 Å². The lowest BCUT2D eigenvalue weighted by molar-refractivity contribution is -0.141. The number of hydrogen-bond donors (Lipinski definition) is 2. The van der Waals surface area contributed by atoms with Gasteiger partial charge in [-0.1, -0.05) is 0 Å². The minimum absolute atomic E-state index is 0.0188. The molecule has 1 aliphatic carbocycles. The van der Waals surface area contributed by atoms with Gasteiger partial charge in [-0.05, 0) is 33.1 Å². The number of rotatable bonds is 7. The number of carboxylic acids is 1. The molecule has 1 saturated carbocycles. The molecular formula is C13H24N2O4. The highest BCUT2D eigenvalue weighted by Crippen LogP contribution is 2.25. The summed E-state index contributed by atoms with van der Waals surface area (Å²) in [5, 5.41) is 11.8. The fraction of sp³-hybridized carbons (Fsp3) is 0.846. The Labute approximate surface area is 114 Å². The topological polar surface area (TPSA) is 78.9 Å². The largest absolute Gasteiger partial charge is 0.481 e. The van der Waals surface area contributed by atoms with Crippen LogP contribution in [-0.2, 0) is 9.53 Å². The van der Waals surface area contributed by atoms with Crippen molar-refractivity contribution in [3.63, 3.8) is 0 Å². The van der Waals surface area contributed by atoms with Crippen molar-refractivity contribution in [2.24, 2.45) is 5.92 Å². The SMILES string of the molecule is CCOCCN(CC)C(=O)NC1CCC(C(=O)O)C1. The fourth-order valence-electron chi connectivity index (χ4n) is 2.33. The van der Waals surface area contributed by atoms with Crippen molar-refractivity contribution in [2.75, 3.05) is 26.3 Å². The van der Waals surface area contributed by atoms with Gasteiger partial charge in [0.15, 0.2) is 0 Å². The molecule has 0 spiro atoms. The molecule has 2 atom stereocenters. The second-order valence-corrected chi connectivity index (χ2v) is 4.77. The lowest BCUT2D eigenvalue weighted by Crippen LogP contribution is -2.45. The monoisotopic (exact) mass is 272 g/mol. The van der Waals surface area contributed by atoms with Crippen molar-refractivity contribution in [1.29, 1.82) is 0 Å². The number of carbonyl (C=O) groups is 2. The molecule has 0 aromatic heterocycles. The fourth-order valence-corrected chi connectivity index (χ4v) is 2.33. The van der Waals surface area contributed by atoms with Gasteiger partial charge in [-0.15, -0.1) is 0 Å². The maximum Gasteiger partial charge on any atom is 0.317 e. The molecule has 6 nitrogen and oxygen atoms in total. The van der Waals surface area contributed by atoms with Gasteiger partial charge < -0.3 is 20.1 Å². The van der Waals surface area contributed by atoms with Crippen LogP contribution in [0.4, 0.5) is 4.79 Å². The molecule has 6 heteroatoms. The summed E-state index contributed by atoms with van der Waals surface area (Å²) in [4.78, 5) is 24.6. The van der Waals surface area contributed by atoms with Crippen molar-refractivity contribution in [2.45, 2.75) is 39.2 Å². The van der Waals surface area contributed by atoms with Gasteiger partial charge >= 0.3 is 12.0 Å². The van der Waals surface area contributed by atoms with Crippen LogP contribution >= 0.6 is 0 Å². The average molecular weight is 272 g/mol. The van der Waals surface area contributed by atoms with Crippen LogP contribution in [0.2, 0.25) is 0 Å². The summed E-state index contributed by atoms with van der Waals surface area (Å²) >= 11 is 0. The lowest BCUT2D eigenvalue weighted by atomic mass is 10.1. The Hall–Kier alpha value is -1.30. The summed E-state index contributed by atoms with van der Waals surface area (Å²) in [6.45, 7) is 6.18. The number of nitrogens with one attached hydrogen (secondary N) is 1. The number of nitrogens with zero attached hydrogens (tertiary/aromatic N) is 1. The second-order valence-electron chi connectivity index (χ2n) is 4.77. The normalized spacial score (nSPS) is 22.2. The first kappa shape index (κ1) is 15.8. The average Bonchev–Trinajstić information content (AvgIpc) is 2.83. The van der Waals surface area contributed by atoms with Crippen LogP contribution in [0.15, 0.2) is 0 Å². The zero-order chi connectivity index (χ0) is 14.3. The summed E-state index contributed by atoms with van der Waals surface area (Å²) in [5.74, 6) is -1.08. The van der Waals surface area contributed by atoms with E-state index in [1.54, 1.807) is 4.90 Å². The van der Waals surface area contributed by atoms with Crippen molar-refractivity contribution >= 4 is 12.0 Å². The van der Waals surface area contributed by atoms with Gasteiger partial charge in [0.25, 0.3) is 0 Å². The summed E-state index contributed by atoms with van der Waals surface area (Å²) in [6, 6.07) is -0.145. The molecule has 2 amide bonds. The molecule has 0 bridgehead atoms. The van der Waals surface area contributed by atoms with Gasteiger partial charge in [0.05, 0.1) is 12.5 Å². The predicted octanol–water partition coefficient (Wildman–Crippen LogP) is 1.31. The molecule has 0 saturated heterocycles. The van der Waals surface area contributed by atoms with E-state index in [-0.39, 0.29) is 18.0 Å². The number of carboxylic acid groups (broad SMARTS) is 1. The van der Waals surface area contributed by atoms with E-state index >= 15 is 0 Å². The molecule has 1 rings (SSSR count). The predicted molar refractivity (Wildman–Crippen MR) is 71.0 cm³/mol. The zero-order valence-electron chi connectivity index (χ0n) is 11.7. The molecular weight excluding hydrogens is 248 g/mol. The van der Waals surface area contributed by atoms with E-state index in [0.29, 0.717) is 39.1 Å². The molecule has 1 fully saturated rings. The molecule has 2 N–H and O–H groups in total. The van der Waals surface area contributed by atoms with Crippen LogP contribution < -0.4 is 5.32 Å². The van der Waals surface area contributed by atoms with Gasteiger partial charge in [0, 0.05) is 25.7 Å². The minimum Gasteiger partial charge on any atom is -0.481 e. The van der Waals surface area contributed by atoms with Gasteiger partial charge in [-0.25, -0.2) is 4.79 Å². The highest BCUT2D eigenvalue weighted by molar-refractivity contribution is 5.75. The Kier molecular flexibility index (Phi) is 6.62. The maximum atomic E-state index is 12.0. The molecule has 0 radical (unpaired) electrons. The van der Waals surface area contributed by atoms with E-state index in [4.69, 9.17) is 9.84 Å². The third kappa shape index (κ3) is 5.06. The van der Waals surface area contributed by atoms with Gasteiger partial charge in [-0.2, -0.15) is 0 Å². The number of aliphatic carboxylic acids is 1.